The number of hydrogen-bond donors (Lipinski definition) is 5. The SMILES string of the molecule is CC(C)=CCC/C(C)=C/CC/C(C)=C/CC/C(C)=C/CC1=C(C)C(=O)c2ccccc2C1=O.CC1=C(C/C=C(\C)CCC[C@H](C)CCC[C@H](C)CCCC(C)C)C(=O)c2ccccc2C1=O.CCN(CC)CCCC(C)Nc1ccnc2cc(Cl)ccc12.CCN(CC)Cc1cc(Nc2ccnc3cc(Cl)ccc23)ccc1O.COc1cc(NC(C)CCCN)c2ncccc2c1. The number of rotatable bonds is 45. The van der Waals surface area contributed by atoms with Crippen molar-refractivity contribution in [2.24, 2.45) is 23.5 Å². The predicted octanol–water partition coefficient (Wildman–Crippen LogP) is 30.8. The summed E-state index contributed by atoms with van der Waals surface area (Å²) in [6.45, 7) is 45.9. The normalized spacial score (nSPS) is 13.9. The molecule has 11 rings (SSSR count). The van der Waals surface area contributed by atoms with Crippen LogP contribution in [0.1, 0.15) is 306 Å². The first-order valence-electron chi connectivity index (χ1n) is 48.7. The van der Waals surface area contributed by atoms with Crippen LogP contribution in [0.25, 0.3) is 32.7 Å². The fourth-order valence-electron chi connectivity index (χ4n) is 16.7. The molecule has 0 radical (unpaired) electrons. The molecule has 3 aromatic heterocycles. The molecule has 132 heavy (non-hydrogen) atoms. The highest BCUT2D eigenvalue weighted by molar-refractivity contribution is 6.32. The van der Waals surface area contributed by atoms with Gasteiger partial charge in [0.25, 0.3) is 0 Å². The number of phenolic OH excluding ortho intramolecular Hbond substituents is 1. The first-order chi connectivity index (χ1) is 63.4. The number of aromatic nitrogens is 3. The van der Waals surface area contributed by atoms with Crippen molar-refractivity contribution in [2.75, 3.05) is 62.3 Å². The summed E-state index contributed by atoms with van der Waals surface area (Å²) in [5, 5.41) is 25.3. The lowest BCUT2D eigenvalue weighted by Crippen LogP contribution is -2.25. The average molecular weight is 1830 g/mol. The third-order valence-electron chi connectivity index (χ3n) is 25.2. The number of nitrogens with zero attached hydrogens (tertiary/aromatic N) is 5. The second kappa shape index (κ2) is 58.1. The maximum Gasteiger partial charge on any atom is 0.190 e. The van der Waals surface area contributed by atoms with Crippen LogP contribution in [0.2, 0.25) is 10.0 Å². The summed E-state index contributed by atoms with van der Waals surface area (Å²) < 4.78 is 5.34. The minimum atomic E-state index is -0.0222. The van der Waals surface area contributed by atoms with Gasteiger partial charge in [-0.3, -0.25) is 39.0 Å². The zero-order valence-corrected chi connectivity index (χ0v) is 84.7. The van der Waals surface area contributed by atoms with E-state index in [9.17, 15) is 24.3 Å². The molecule has 0 saturated carbocycles. The summed E-state index contributed by atoms with van der Waals surface area (Å²) in [5.41, 5.74) is 24.8. The highest BCUT2D eigenvalue weighted by Gasteiger charge is 2.31. The van der Waals surface area contributed by atoms with Crippen LogP contribution >= 0.6 is 23.2 Å². The molecule has 2 aliphatic carbocycles. The van der Waals surface area contributed by atoms with Crippen LogP contribution < -0.4 is 26.4 Å². The molecule has 6 N–H and O–H groups in total. The topological polar surface area (TPSA) is 205 Å². The van der Waals surface area contributed by atoms with E-state index in [0.29, 0.717) is 80.2 Å². The van der Waals surface area contributed by atoms with E-state index in [1.807, 2.05) is 122 Å². The molecule has 2 aliphatic rings. The number of Topliss-reactive ketones (excluding diaryl/α,β-unsaturated/α-hetero) is 4. The third-order valence-corrected chi connectivity index (χ3v) is 25.7. The van der Waals surface area contributed by atoms with Crippen molar-refractivity contribution < 1.29 is 29.0 Å². The number of ether oxygens (including phenoxy) is 1. The summed E-state index contributed by atoms with van der Waals surface area (Å²) >= 11 is 12.1. The van der Waals surface area contributed by atoms with Gasteiger partial charge in [-0.2, -0.15) is 0 Å². The van der Waals surface area contributed by atoms with Crippen molar-refractivity contribution in [1.82, 2.24) is 24.8 Å². The summed E-state index contributed by atoms with van der Waals surface area (Å²) in [7, 11) is 1.68. The third kappa shape index (κ3) is 36.3. The Morgan fingerprint density at radius 2 is 0.939 bits per heavy atom. The molecule has 4 atom stereocenters. The van der Waals surface area contributed by atoms with Gasteiger partial charge in [-0.1, -0.05) is 236 Å². The molecule has 710 valence electrons. The molecule has 15 nitrogen and oxygen atoms in total. The molecule has 0 spiro atoms. The number of hydrogen-bond acceptors (Lipinski definition) is 15. The molecule has 3 heterocycles. The monoisotopic (exact) mass is 1830 g/mol. The largest absolute Gasteiger partial charge is 0.508 e. The van der Waals surface area contributed by atoms with E-state index in [2.05, 4.69) is 182 Å². The van der Waals surface area contributed by atoms with E-state index in [-0.39, 0.29) is 23.1 Å². The lowest BCUT2D eigenvalue weighted by Gasteiger charge is -2.20. The predicted molar refractivity (Wildman–Crippen MR) is 563 cm³/mol. The van der Waals surface area contributed by atoms with Gasteiger partial charge in [0.2, 0.25) is 0 Å². The van der Waals surface area contributed by atoms with E-state index in [1.54, 1.807) is 57.5 Å². The van der Waals surface area contributed by atoms with Crippen LogP contribution in [0.5, 0.6) is 11.5 Å². The highest BCUT2D eigenvalue weighted by atomic mass is 35.5. The maximum absolute atomic E-state index is 12.9. The number of ketones is 4. The van der Waals surface area contributed by atoms with Gasteiger partial charge in [-0.05, 0) is 295 Å². The smallest absolute Gasteiger partial charge is 0.190 e. The van der Waals surface area contributed by atoms with Crippen molar-refractivity contribution >= 4 is 102 Å². The molecule has 17 heteroatoms. The second-order valence-electron chi connectivity index (χ2n) is 36.9. The Morgan fingerprint density at radius 3 is 1.45 bits per heavy atom. The lowest BCUT2D eigenvalue weighted by atomic mass is 9.83. The van der Waals surface area contributed by atoms with E-state index < -0.39 is 0 Å². The standard InChI is InChI=1S/C31H46O2.C31H40O2.C20H22ClN3O.C18H26ClN3.C15H21N3O/c2*1-22(2)12-9-13-23(3)14-10-15-24(4)16-11-17-25(5)20-21-27-26(6)30(32)28-18-7-8-19-29(28)31(27)33;1-3-24(4-2)13-14-11-16(6-8-20(14)25)23-18-9-10-22-19-12-15(21)5-7-17(18)19;1-4-22(5-2)12-6-7-14(3)21-17-10-11-20-18-13-15(19)8-9-16(17)18;1-11(5-3-7-16)18-14-10-13(19-2)9-12-6-4-8-17-15(12)14/h7-8,18-20,22-24H,9-17,21H2,1-6H3;7-8,12,14,16,18-20H,9-11,13,15,17,21H2,1-6H3;5-12,25H,3-4,13H2,1-2H3,(H,22,23);8-11,13-14H,4-7,12H2,1-3H3,(H,20,21);4,6,8-11,18H,3,5,7,16H2,1-2H3/b25-20+;23-14+,24-16+,25-20+;;;/t23-,24-;;;;/m1..../s1. The van der Waals surface area contributed by atoms with Crippen molar-refractivity contribution in [1.29, 1.82) is 0 Å². The highest BCUT2D eigenvalue weighted by Crippen LogP contribution is 2.36. The van der Waals surface area contributed by atoms with E-state index in [0.717, 1.165) is 193 Å². The Hall–Kier alpha value is -10.1. The Morgan fingerprint density at radius 1 is 0.470 bits per heavy atom. The number of benzene rings is 6. The number of carbonyl (C=O) groups excluding carboxylic acids is 4. The van der Waals surface area contributed by atoms with Crippen molar-refractivity contribution in [2.45, 2.75) is 278 Å². The van der Waals surface area contributed by atoms with E-state index >= 15 is 0 Å². The van der Waals surface area contributed by atoms with Gasteiger partial charge in [0, 0.05) is 137 Å². The van der Waals surface area contributed by atoms with Crippen LogP contribution in [0.4, 0.5) is 22.7 Å². The van der Waals surface area contributed by atoms with Crippen molar-refractivity contribution in [3.05, 3.63) is 277 Å². The fraction of sp³-hybridized carbons (Fsp3) is 0.452. The summed E-state index contributed by atoms with van der Waals surface area (Å²) in [5.74, 6) is 3.61. The van der Waals surface area contributed by atoms with Crippen LogP contribution in [-0.2, 0) is 6.54 Å². The van der Waals surface area contributed by atoms with Gasteiger partial charge in [0.1, 0.15) is 11.5 Å². The van der Waals surface area contributed by atoms with Gasteiger partial charge in [0.05, 0.1) is 29.3 Å². The summed E-state index contributed by atoms with van der Waals surface area (Å²) in [6, 6.07) is 44.2. The number of halogens is 2. The fourth-order valence-corrected chi connectivity index (χ4v) is 17.0. The number of fused-ring (bicyclic) bond motifs is 5. The number of nitrogens with one attached hydrogen (secondary N) is 3. The first kappa shape index (κ1) is 109. The first-order valence-corrected chi connectivity index (χ1v) is 49.4. The van der Waals surface area contributed by atoms with Gasteiger partial charge in [-0.15, -0.1) is 0 Å². The quantitative estimate of drug-likeness (QED) is 0.0178. The number of methoxy groups -OCH3 is 1. The molecular formula is C115H155Cl2N9O6. The van der Waals surface area contributed by atoms with E-state index in [4.69, 9.17) is 33.7 Å². The lowest BCUT2D eigenvalue weighted by molar-refractivity contribution is 0.0973. The van der Waals surface area contributed by atoms with Crippen molar-refractivity contribution in [3.8, 4) is 11.5 Å². The molecule has 2 unspecified atom stereocenters. The molecule has 0 fully saturated rings. The van der Waals surface area contributed by atoms with Crippen LogP contribution in [0, 0.1) is 17.8 Å². The summed E-state index contributed by atoms with van der Waals surface area (Å²) in [4.78, 5) is 69.0. The van der Waals surface area contributed by atoms with Crippen molar-refractivity contribution in [3.63, 3.8) is 0 Å². The average Bonchev–Trinajstić information content (AvgIpc) is 0.779. The Kier molecular flexibility index (Phi) is 47.9. The van der Waals surface area contributed by atoms with Gasteiger partial charge < -0.3 is 36.4 Å². The van der Waals surface area contributed by atoms with Gasteiger partial charge >= 0.3 is 0 Å². The number of aromatic hydroxyl groups is 1. The molecule has 9 aromatic rings. The Balaban J connectivity index is 0.000000229. The van der Waals surface area contributed by atoms with Crippen LogP contribution in [0.3, 0.4) is 0 Å². The van der Waals surface area contributed by atoms with Crippen LogP contribution in [-0.4, -0.2) is 111 Å². The minimum Gasteiger partial charge on any atom is -0.508 e. The van der Waals surface area contributed by atoms with Gasteiger partial charge in [-0.25, -0.2) is 0 Å². The number of nitrogens with two attached hydrogens (primary N) is 1. The molecule has 0 amide bonds. The number of phenols is 1. The molecule has 0 aliphatic heterocycles. The Bertz CT molecular complexity index is 5430. The van der Waals surface area contributed by atoms with E-state index in [1.165, 1.54) is 92.2 Å². The minimum absolute atomic E-state index is 0.00526. The zero-order chi connectivity index (χ0) is 96.2. The Labute approximate surface area is 802 Å². The van der Waals surface area contributed by atoms with Gasteiger partial charge in [0.15, 0.2) is 23.1 Å². The second-order valence-corrected chi connectivity index (χ2v) is 37.8. The molecule has 0 saturated heterocycles. The number of pyridine rings is 3. The number of allylic oxidation sites excluding steroid dienone is 14. The molecule has 6 aromatic carbocycles. The molecular weight excluding hydrogens is 1670 g/mol. The maximum atomic E-state index is 12.9. The number of anilines is 4. The summed E-state index contributed by atoms with van der Waals surface area (Å²) in [6.07, 6.45) is 40.4. The number of carbonyl (C=O) groups is 4. The zero-order valence-electron chi connectivity index (χ0n) is 83.1. The molecule has 0 bridgehead atoms. The van der Waals surface area contributed by atoms with Crippen LogP contribution in [0.15, 0.2) is 239 Å².